The Bertz CT molecular complexity index is 579. The molecule has 0 unspecified atom stereocenters. The van der Waals surface area contributed by atoms with Crippen molar-refractivity contribution in [3.8, 4) is 5.75 Å². The predicted molar refractivity (Wildman–Crippen MR) is 80.3 cm³/mol. The van der Waals surface area contributed by atoms with Gasteiger partial charge in [0.2, 0.25) is 0 Å². The Morgan fingerprint density at radius 1 is 1.26 bits per heavy atom. The van der Waals surface area contributed by atoms with E-state index in [4.69, 9.17) is 4.43 Å². The highest BCUT2D eigenvalue weighted by molar-refractivity contribution is 9.10. The van der Waals surface area contributed by atoms with Crippen molar-refractivity contribution < 1.29 is 16.7 Å². The summed E-state index contributed by atoms with van der Waals surface area (Å²) in [7, 11) is -6.70. The molecule has 0 aromatic heterocycles. The van der Waals surface area contributed by atoms with Crippen LogP contribution in [0.15, 0.2) is 27.6 Å². The maximum atomic E-state index is 12.9. The van der Waals surface area contributed by atoms with E-state index >= 15 is 0 Å². The first-order chi connectivity index (χ1) is 8.34. The Morgan fingerprint density at radius 2 is 1.79 bits per heavy atom. The van der Waals surface area contributed by atoms with Crippen molar-refractivity contribution in [3.63, 3.8) is 0 Å². The van der Waals surface area contributed by atoms with E-state index < -0.39 is 18.5 Å². The van der Waals surface area contributed by atoms with E-state index in [9.17, 15) is 12.3 Å². The molecule has 1 rings (SSSR count). The molecule has 0 radical (unpaired) electrons. The van der Waals surface area contributed by atoms with Gasteiger partial charge in [-0.05, 0) is 52.3 Å². The molecule has 0 aliphatic heterocycles. The zero-order valence-corrected chi connectivity index (χ0v) is 15.0. The lowest BCUT2D eigenvalue weighted by molar-refractivity contribution is 0.489. The Labute approximate surface area is 123 Å². The second-order valence-corrected chi connectivity index (χ2v) is 12.8. The van der Waals surface area contributed by atoms with Crippen LogP contribution in [0.5, 0.6) is 5.75 Å². The first kappa shape index (κ1) is 16.7. The minimum Gasteiger partial charge on any atom is -0.543 e. The lowest BCUT2D eigenvalue weighted by atomic mass is 10.2. The van der Waals surface area contributed by atoms with Gasteiger partial charge in [-0.15, -0.1) is 3.89 Å². The Kier molecular flexibility index (Phi) is 4.54. The molecule has 0 fully saturated rings. The van der Waals surface area contributed by atoms with Crippen LogP contribution in [0.1, 0.15) is 20.8 Å². The highest BCUT2D eigenvalue weighted by Crippen LogP contribution is 2.39. The number of rotatable bonds is 3. The third-order valence-corrected chi connectivity index (χ3v) is 9.14. The zero-order chi connectivity index (χ0) is 15.1. The van der Waals surface area contributed by atoms with Crippen LogP contribution in [0.25, 0.3) is 0 Å². The summed E-state index contributed by atoms with van der Waals surface area (Å²) in [6, 6.07) is 3.91. The molecule has 0 aliphatic carbocycles. The standard InChI is InChI=1S/C12H18BrFO3SSi/c1-12(2,3)19(4,5)17-11-7-6-9(8-10(11)13)18(14,15)16/h6-8H,1-5H3. The quantitative estimate of drug-likeness (QED) is 0.582. The van der Waals surface area contributed by atoms with Crippen LogP contribution < -0.4 is 4.43 Å². The number of halogens is 2. The molecule has 0 saturated heterocycles. The molecule has 0 N–H and O–H groups in total. The molecule has 0 saturated carbocycles. The Morgan fingerprint density at radius 3 is 2.16 bits per heavy atom. The van der Waals surface area contributed by atoms with E-state index in [1.807, 2.05) is 0 Å². The van der Waals surface area contributed by atoms with Crippen LogP contribution >= 0.6 is 15.9 Å². The van der Waals surface area contributed by atoms with E-state index in [1.54, 1.807) is 0 Å². The summed E-state index contributed by atoms with van der Waals surface area (Å²) in [6.07, 6.45) is 0. The van der Waals surface area contributed by atoms with Crippen molar-refractivity contribution in [2.45, 2.75) is 43.8 Å². The van der Waals surface area contributed by atoms with Crippen LogP contribution in [-0.4, -0.2) is 16.7 Å². The first-order valence-corrected chi connectivity index (χ1v) is 10.9. The fourth-order valence-electron chi connectivity index (χ4n) is 1.14. The van der Waals surface area contributed by atoms with E-state index in [0.29, 0.717) is 10.2 Å². The van der Waals surface area contributed by atoms with Crippen molar-refractivity contribution in [1.29, 1.82) is 0 Å². The monoisotopic (exact) mass is 368 g/mol. The van der Waals surface area contributed by atoms with Crippen molar-refractivity contribution in [2.24, 2.45) is 0 Å². The molecule has 0 bridgehead atoms. The molecular formula is C12H18BrFO3SSi. The summed E-state index contributed by atoms with van der Waals surface area (Å²) in [4.78, 5) is -0.373. The van der Waals surface area contributed by atoms with Gasteiger partial charge in [0, 0.05) is 0 Å². The number of benzene rings is 1. The highest BCUT2D eigenvalue weighted by Gasteiger charge is 2.39. The molecule has 0 heterocycles. The third kappa shape index (κ3) is 4.03. The average Bonchev–Trinajstić information content (AvgIpc) is 2.17. The molecule has 19 heavy (non-hydrogen) atoms. The van der Waals surface area contributed by atoms with Crippen LogP contribution in [0.3, 0.4) is 0 Å². The molecule has 0 spiro atoms. The SMILES string of the molecule is CC(C)(C)[Si](C)(C)Oc1ccc(S(=O)(=O)F)cc1Br. The lowest BCUT2D eigenvalue weighted by Gasteiger charge is -2.36. The van der Waals surface area contributed by atoms with E-state index in [0.717, 1.165) is 0 Å². The van der Waals surface area contributed by atoms with Crippen molar-refractivity contribution >= 4 is 34.5 Å². The minimum absolute atomic E-state index is 0.0251. The highest BCUT2D eigenvalue weighted by atomic mass is 79.9. The molecule has 108 valence electrons. The third-order valence-electron chi connectivity index (χ3n) is 3.36. The van der Waals surface area contributed by atoms with Crippen LogP contribution in [0, 0.1) is 0 Å². The van der Waals surface area contributed by atoms with Gasteiger partial charge in [-0.1, -0.05) is 20.8 Å². The summed E-state index contributed by atoms with van der Waals surface area (Å²) in [5, 5.41) is 0.0251. The minimum atomic E-state index is -4.69. The number of hydrogen-bond donors (Lipinski definition) is 0. The summed E-state index contributed by atoms with van der Waals surface area (Å²) in [5.41, 5.74) is 0. The zero-order valence-electron chi connectivity index (χ0n) is 11.6. The second-order valence-electron chi connectivity index (χ2n) is 5.89. The normalized spacial score (nSPS) is 13.4. The van der Waals surface area contributed by atoms with Crippen molar-refractivity contribution in [1.82, 2.24) is 0 Å². The van der Waals surface area contributed by atoms with E-state index in [-0.39, 0.29) is 9.93 Å². The second kappa shape index (κ2) is 5.18. The van der Waals surface area contributed by atoms with Gasteiger partial charge in [-0.2, -0.15) is 8.42 Å². The van der Waals surface area contributed by atoms with Gasteiger partial charge in [0.1, 0.15) is 5.75 Å². The Hall–Kier alpha value is -0.403. The maximum absolute atomic E-state index is 12.9. The van der Waals surface area contributed by atoms with Crippen LogP contribution in [0.2, 0.25) is 18.1 Å². The summed E-state index contributed by atoms with van der Waals surface area (Å²) in [5.74, 6) is 0.541. The average molecular weight is 369 g/mol. The van der Waals surface area contributed by atoms with Gasteiger partial charge in [0.25, 0.3) is 8.32 Å². The van der Waals surface area contributed by atoms with Gasteiger partial charge < -0.3 is 4.43 Å². The van der Waals surface area contributed by atoms with Gasteiger partial charge >= 0.3 is 10.2 Å². The van der Waals surface area contributed by atoms with E-state index in [2.05, 4.69) is 49.8 Å². The maximum Gasteiger partial charge on any atom is 0.332 e. The van der Waals surface area contributed by atoms with Gasteiger partial charge in [0.05, 0.1) is 9.37 Å². The molecule has 0 atom stereocenters. The fourth-order valence-corrected chi connectivity index (χ4v) is 3.43. The fraction of sp³-hybridized carbons (Fsp3) is 0.500. The first-order valence-electron chi connectivity index (χ1n) is 5.78. The molecule has 3 nitrogen and oxygen atoms in total. The molecule has 0 amide bonds. The molecule has 1 aromatic rings. The molecule has 1 aromatic carbocycles. The molecule has 0 aliphatic rings. The topological polar surface area (TPSA) is 43.4 Å². The summed E-state index contributed by atoms with van der Waals surface area (Å²) in [6.45, 7) is 10.5. The van der Waals surface area contributed by atoms with Crippen molar-refractivity contribution in [3.05, 3.63) is 22.7 Å². The summed E-state index contributed by atoms with van der Waals surface area (Å²) >= 11 is 3.23. The van der Waals surface area contributed by atoms with Gasteiger partial charge in [-0.25, -0.2) is 0 Å². The largest absolute Gasteiger partial charge is 0.543 e. The van der Waals surface area contributed by atoms with Crippen molar-refractivity contribution in [2.75, 3.05) is 0 Å². The number of hydrogen-bond acceptors (Lipinski definition) is 3. The van der Waals surface area contributed by atoms with Gasteiger partial charge in [-0.3, -0.25) is 0 Å². The predicted octanol–water partition coefficient (Wildman–Crippen LogP) is 4.49. The summed E-state index contributed by atoms with van der Waals surface area (Å²) < 4.78 is 41.0. The van der Waals surface area contributed by atoms with Gasteiger partial charge in [0.15, 0.2) is 0 Å². The van der Waals surface area contributed by atoms with Crippen LogP contribution in [-0.2, 0) is 10.2 Å². The molecule has 7 heteroatoms. The smallest absolute Gasteiger partial charge is 0.332 e. The Balaban J connectivity index is 3.13. The van der Waals surface area contributed by atoms with E-state index in [1.165, 1.54) is 18.2 Å². The van der Waals surface area contributed by atoms with Crippen LogP contribution in [0.4, 0.5) is 3.89 Å². The lowest BCUT2D eigenvalue weighted by Crippen LogP contribution is -2.43. The molecular weight excluding hydrogens is 351 g/mol.